The van der Waals surface area contributed by atoms with Gasteiger partial charge in [-0.1, -0.05) is 31.0 Å². The molecular formula is C18H29N. The van der Waals surface area contributed by atoms with Gasteiger partial charge in [0.15, 0.2) is 0 Å². The second kappa shape index (κ2) is 6.56. The fourth-order valence-corrected chi connectivity index (χ4v) is 3.67. The maximum Gasteiger partial charge on any atom is 0.00985 e. The van der Waals surface area contributed by atoms with E-state index in [2.05, 4.69) is 45.1 Å². The van der Waals surface area contributed by atoms with Gasteiger partial charge in [-0.3, -0.25) is 0 Å². The van der Waals surface area contributed by atoms with Gasteiger partial charge in [0.25, 0.3) is 0 Å². The van der Waals surface area contributed by atoms with Crippen LogP contribution in [0.4, 0.5) is 0 Å². The van der Waals surface area contributed by atoms with Crippen LogP contribution in [0.2, 0.25) is 0 Å². The predicted octanol–water partition coefficient (Wildman–Crippen LogP) is 4.32. The van der Waals surface area contributed by atoms with Crippen LogP contribution in [-0.4, -0.2) is 12.6 Å². The second-order valence-electron chi connectivity index (χ2n) is 6.33. The molecule has 2 unspecified atom stereocenters. The van der Waals surface area contributed by atoms with E-state index in [0.29, 0.717) is 0 Å². The zero-order valence-electron chi connectivity index (χ0n) is 13.1. The zero-order chi connectivity index (χ0) is 13.8. The average molecular weight is 259 g/mol. The summed E-state index contributed by atoms with van der Waals surface area (Å²) in [6.45, 7) is 10.2. The van der Waals surface area contributed by atoms with Crippen molar-refractivity contribution in [2.24, 2.45) is 5.92 Å². The Bertz CT molecular complexity index is 399. The highest BCUT2D eigenvalue weighted by molar-refractivity contribution is 5.37. The monoisotopic (exact) mass is 259 g/mol. The van der Waals surface area contributed by atoms with Crippen molar-refractivity contribution >= 4 is 0 Å². The number of rotatable bonds is 5. The molecule has 1 nitrogen and oxygen atoms in total. The van der Waals surface area contributed by atoms with Crippen LogP contribution in [0, 0.1) is 26.7 Å². The Morgan fingerprint density at radius 2 is 1.79 bits per heavy atom. The summed E-state index contributed by atoms with van der Waals surface area (Å²) in [5.41, 5.74) is 5.96. The molecule has 0 aliphatic heterocycles. The van der Waals surface area contributed by atoms with Gasteiger partial charge in [-0.2, -0.15) is 0 Å². The molecule has 106 valence electrons. The predicted molar refractivity (Wildman–Crippen MR) is 83.8 cm³/mol. The van der Waals surface area contributed by atoms with Crippen LogP contribution < -0.4 is 5.32 Å². The molecule has 1 N–H and O–H groups in total. The molecule has 1 fully saturated rings. The highest BCUT2D eigenvalue weighted by Gasteiger charge is 2.27. The highest BCUT2D eigenvalue weighted by atomic mass is 14.9. The second-order valence-corrected chi connectivity index (χ2v) is 6.33. The quantitative estimate of drug-likeness (QED) is 0.830. The first kappa shape index (κ1) is 14.6. The Hall–Kier alpha value is -0.820. The number of hydrogen-bond donors (Lipinski definition) is 1. The summed E-state index contributed by atoms with van der Waals surface area (Å²) < 4.78 is 0. The van der Waals surface area contributed by atoms with Gasteiger partial charge in [0.1, 0.15) is 0 Å². The summed E-state index contributed by atoms with van der Waals surface area (Å²) in [7, 11) is 0. The van der Waals surface area contributed by atoms with Crippen LogP contribution in [0.3, 0.4) is 0 Å². The minimum atomic E-state index is 0.750. The van der Waals surface area contributed by atoms with Crippen LogP contribution in [0.15, 0.2) is 12.1 Å². The summed E-state index contributed by atoms with van der Waals surface area (Å²) in [6.07, 6.45) is 6.67. The van der Waals surface area contributed by atoms with E-state index in [1.165, 1.54) is 55.3 Å². The SMILES string of the molecule is CCCNC1CCCC1Cc1c(C)cc(C)cc1C. The molecule has 0 aromatic heterocycles. The molecule has 0 spiro atoms. The molecule has 0 radical (unpaired) electrons. The molecule has 2 atom stereocenters. The Morgan fingerprint density at radius 3 is 2.42 bits per heavy atom. The standard InChI is InChI=1S/C18H29N/c1-5-9-19-18-8-6-7-16(18)12-17-14(3)10-13(2)11-15(17)4/h10-11,16,18-19H,5-9,12H2,1-4H3. The number of aryl methyl sites for hydroxylation is 3. The van der Waals surface area contributed by atoms with Crippen molar-refractivity contribution < 1.29 is 0 Å². The molecule has 1 aliphatic rings. The van der Waals surface area contributed by atoms with Crippen molar-refractivity contribution in [3.8, 4) is 0 Å². The van der Waals surface area contributed by atoms with Crippen molar-refractivity contribution in [1.29, 1.82) is 0 Å². The van der Waals surface area contributed by atoms with E-state index in [1.54, 1.807) is 5.56 Å². The molecule has 1 aromatic carbocycles. The molecule has 0 heterocycles. The first-order valence-corrected chi connectivity index (χ1v) is 7.92. The van der Waals surface area contributed by atoms with Crippen LogP contribution in [0.1, 0.15) is 54.9 Å². The van der Waals surface area contributed by atoms with Crippen molar-refractivity contribution in [3.05, 3.63) is 34.4 Å². The van der Waals surface area contributed by atoms with Gasteiger partial charge >= 0.3 is 0 Å². The van der Waals surface area contributed by atoms with E-state index in [1.807, 2.05) is 0 Å². The van der Waals surface area contributed by atoms with E-state index in [0.717, 1.165) is 12.0 Å². The third kappa shape index (κ3) is 3.60. The zero-order valence-corrected chi connectivity index (χ0v) is 13.1. The van der Waals surface area contributed by atoms with E-state index >= 15 is 0 Å². The Balaban J connectivity index is 2.08. The summed E-state index contributed by atoms with van der Waals surface area (Å²) in [5, 5.41) is 3.75. The Kier molecular flexibility index (Phi) is 5.04. The molecule has 19 heavy (non-hydrogen) atoms. The van der Waals surface area contributed by atoms with Gasteiger partial charge in [-0.05, 0) is 75.6 Å². The van der Waals surface area contributed by atoms with Crippen molar-refractivity contribution in [3.63, 3.8) is 0 Å². The van der Waals surface area contributed by atoms with E-state index < -0.39 is 0 Å². The minimum absolute atomic E-state index is 0.750. The van der Waals surface area contributed by atoms with Crippen molar-refractivity contribution in [1.82, 2.24) is 5.32 Å². The van der Waals surface area contributed by atoms with Gasteiger partial charge < -0.3 is 5.32 Å². The first-order valence-electron chi connectivity index (χ1n) is 7.92. The molecule has 0 amide bonds. The van der Waals surface area contributed by atoms with Gasteiger partial charge in [0.2, 0.25) is 0 Å². The van der Waals surface area contributed by atoms with Crippen molar-refractivity contribution in [2.75, 3.05) is 6.54 Å². The molecule has 1 heteroatoms. The van der Waals surface area contributed by atoms with Crippen molar-refractivity contribution in [2.45, 2.75) is 65.8 Å². The molecule has 1 saturated carbocycles. The van der Waals surface area contributed by atoms with E-state index in [9.17, 15) is 0 Å². The summed E-state index contributed by atoms with van der Waals surface area (Å²) in [5.74, 6) is 0.839. The lowest BCUT2D eigenvalue weighted by atomic mass is 9.88. The van der Waals surface area contributed by atoms with Gasteiger partial charge in [-0.25, -0.2) is 0 Å². The lowest BCUT2D eigenvalue weighted by Gasteiger charge is -2.23. The highest BCUT2D eigenvalue weighted by Crippen LogP contribution is 2.31. The average Bonchev–Trinajstić information content (AvgIpc) is 2.78. The number of nitrogens with one attached hydrogen (secondary N) is 1. The summed E-state index contributed by atoms with van der Waals surface area (Å²) in [4.78, 5) is 0. The minimum Gasteiger partial charge on any atom is -0.314 e. The fraction of sp³-hybridized carbons (Fsp3) is 0.667. The number of benzene rings is 1. The molecule has 1 aliphatic carbocycles. The third-order valence-corrected chi connectivity index (χ3v) is 4.62. The molecular weight excluding hydrogens is 230 g/mol. The normalized spacial score (nSPS) is 22.9. The molecule has 1 aromatic rings. The Labute approximate surface area is 118 Å². The van der Waals surface area contributed by atoms with E-state index in [-0.39, 0.29) is 0 Å². The topological polar surface area (TPSA) is 12.0 Å². The molecule has 0 bridgehead atoms. The van der Waals surface area contributed by atoms with Crippen LogP contribution >= 0.6 is 0 Å². The maximum absolute atomic E-state index is 3.75. The largest absolute Gasteiger partial charge is 0.314 e. The summed E-state index contributed by atoms with van der Waals surface area (Å²) >= 11 is 0. The maximum atomic E-state index is 3.75. The van der Waals surface area contributed by atoms with Gasteiger partial charge in [0.05, 0.1) is 0 Å². The fourth-order valence-electron chi connectivity index (χ4n) is 3.67. The first-order chi connectivity index (χ1) is 9.11. The van der Waals surface area contributed by atoms with E-state index in [4.69, 9.17) is 0 Å². The van der Waals surface area contributed by atoms with Crippen LogP contribution in [-0.2, 0) is 6.42 Å². The Morgan fingerprint density at radius 1 is 1.11 bits per heavy atom. The van der Waals surface area contributed by atoms with Gasteiger partial charge in [0, 0.05) is 6.04 Å². The van der Waals surface area contributed by atoms with Gasteiger partial charge in [-0.15, -0.1) is 0 Å². The summed E-state index contributed by atoms with van der Waals surface area (Å²) in [6, 6.07) is 5.43. The lowest BCUT2D eigenvalue weighted by Crippen LogP contribution is -2.34. The molecule has 2 rings (SSSR count). The smallest absolute Gasteiger partial charge is 0.00985 e. The molecule has 0 saturated heterocycles. The number of hydrogen-bond acceptors (Lipinski definition) is 1. The van der Waals surface area contributed by atoms with Crippen LogP contribution in [0.5, 0.6) is 0 Å². The lowest BCUT2D eigenvalue weighted by molar-refractivity contribution is 0.398. The van der Waals surface area contributed by atoms with Crippen LogP contribution in [0.25, 0.3) is 0 Å². The third-order valence-electron chi connectivity index (χ3n) is 4.62.